The molecule has 2 atom stereocenters. The molecule has 11 heteroatoms. The molecular formula is C15H12F6N4O. The fraction of sp³-hybridized carbons (Fsp3) is 0.467. The van der Waals surface area contributed by atoms with E-state index in [9.17, 15) is 31.1 Å². The largest absolute Gasteiger partial charge is 0.412 e. The van der Waals surface area contributed by atoms with Crippen LogP contribution in [0.1, 0.15) is 25.3 Å². The van der Waals surface area contributed by atoms with Gasteiger partial charge in [0.2, 0.25) is 0 Å². The summed E-state index contributed by atoms with van der Waals surface area (Å²) in [6.07, 6.45) is -10.3. The second kappa shape index (κ2) is 6.59. The Morgan fingerprint density at radius 1 is 1.35 bits per heavy atom. The quantitative estimate of drug-likeness (QED) is 0.575. The number of azo groups is 1. The minimum Gasteiger partial charge on any atom is -0.324 e. The lowest BCUT2D eigenvalue weighted by atomic mass is 9.89. The van der Waals surface area contributed by atoms with Gasteiger partial charge in [0.25, 0.3) is 5.91 Å². The molecule has 2 rings (SSSR count). The molecule has 0 fully saturated rings. The zero-order valence-corrected chi connectivity index (χ0v) is 13.2. The van der Waals surface area contributed by atoms with Gasteiger partial charge in [-0.25, -0.2) is 4.85 Å². The number of nitrogens with zero attached hydrogens (tertiary/aromatic N) is 3. The third-order valence-corrected chi connectivity index (χ3v) is 3.99. The highest BCUT2D eigenvalue weighted by Crippen LogP contribution is 2.41. The van der Waals surface area contributed by atoms with Gasteiger partial charge in [0.05, 0.1) is 12.1 Å². The van der Waals surface area contributed by atoms with Gasteiger partial charge in [-0.15, -0.1) is 0 Å². The van der Waals surface area contributed by atoms with E-state index in [0.717, 1.165) is 12.1 Å². The van der Waals surface area contributed by atoms with E-state index in [2.05, 4.69) is 20.4 Å². The van der Waals surface area contributed by atoms with Crippen LogP contribution < -0.4 is 5.32 Å². The first-order valence-electron chi connectivity index (χ1n) is 7.32. The summed E-state index contributed by atoms with van der Waals surface area (Å²) in [5, 5.41) is 8.70. The molecule has 1 aliphatic heterocycles. The maximum absolute atomic E-state index is 13.0. The van der Waals surface area contributed by atoms with E-state index in [1.54, 1.807) is 0 Å². The number of carbonyl (C=O) groups excluding carboxylic acids is 1. The molecule has 1 heterocycles. The lowest BCUT2D eigenvalue weighted by molar-refractivity contribution is -0.148. The highest BCUT2D eigenvalue weighted by Gasteiger charge is 2.52. The standard InChI is InChI=1S/C15H12F6N4O/c1-3-13(7-11(24-25-13)15(19,20)21)12(26)23-8-4-5-10(22-2)9(6-8)14(16,17)18/h4-6,11H,3,7H2,1H3,(H,23,26)/t11?,13-/m0/s1. The van der Waals surface area contributed by atoms with Crippen molar-refractivity contribution in [2.75, 3.05) is 5.32 Å². The predicted molar refractivity (Wildman–Crippen MR) is 78.7 cm³/mol. The number of nitrogens with one attached hydrogen (secondary N) is 1. The predicted octanol–water partition coefficient (Wildman–Crippen LogP) is 5.13. The van der Waals surface area contributed by atoms with E-state index in [4.69, 9.17) is 6.57 Å². The fourth-order valence-corrected chi connectivity index (χ4v) is 2.46. The second-order valence-corrected chi connectivity index (χ2v) is 5.66. The van der Waals surface area contributed by atoms with Crippen LogP contribution in [0.5, 0.6) is 0 Å². The normalized spacial score (nSPS) is 22.9. The Balaban J connectivity index is 2.27. The van der Waals surface area contributed by atoms with Crippen LogP contribution >= 0.6 is 0 Å². The van der Waals surface area contributed by atoms with E-state index in [1.165, 1.54) is 6.92 Å². The summed E-state index contributed by atoms with van der Waals surface area (Å²) in [6.45, 7) is 8.19. The van der Waals surface area contributed by atoms with Crippen molar-refractivity contribution in [2.24, 2.45) is 10.2 Å². The summed E-state index contributed by atoms with van der Waals surface area (Å²) in [5.74, 6) is -0.987. The Hall–Kier alpha value is -2.64. The van der Waals surface area contributed by atoms with Crippen LogP contribution in [-0.2, 0) is 11.0 Å². The van der Waals surface area contributed by atoms with Gasteiger partial charge in [0, 0.05) is 12.1 Å². The summed E-state index contributed by atoms with van der Waals surface area (Å²) in [5.41, 5.74) is -4.01. The molecule has 1 N–H and O–H groups in total. The summed E-state index contributed by atoms with van der Waals surface area (Å²) in [6, 6.07) is 0.362. The van der Waals surface area contributed by atoms with Crippen molar-refractivity contribution < 1.29 is 31.1 Å². The molecule has 0 saturated heterocycles. The molecular weight excluding hydrogens is 366 g/mol. The number of rotatable bonds is 3. The van der Waals surface area contributed by atoms with Gasteiger partial charge in [-0.2, -0.15) is 36.6 Å². The van der Waals surface area contributed by atoms with Gasteiger partial charge in [-0.3, -0.25) is 4.79 Å². The average Bonchev–Trinajstić information content (AvgIpc) is 3.00. The molecule has 1 unspecified atom stereocenters. The van der Waals surface area contributed by atoms with Crippen LogP contribution in [0.15, 0.2) is 28.4 Å². The number of anilines is 1. The highest BCUT2D eigenvalue weighted by molar-refractivity contribution is 5.98. The number of hydrogen-bond acceptors (Lipinski definition) is 3. The third-order valence-electron chi connectivity index (χ3n) is 3.99. The first kappa shape index (κ1) is 19.7. The van der Waals surface area contributed by atoms with Crippen LogP contribution in [0.3, 0.4) is 0 Å². The first-order valence-corrected chi connectivity index (χ1v) is 7.32. The molecule has 1 aromatic carbocycles. The molecule has 140 valence electrons. The smallest absolute Gasteiger partial charge is 0.324 e. The van der Waals surface area contributed by atoms with Gasteiger partial charge in [0.1, 0.15) is 0 Å². The molecule has 1 aromatic rings. The van der Waals surface area contributed by atoms with Crippen molar-refractivity contribution in [1.82, 2.24) is 0 Å². The van der Waals surface area contributed by atoms with Gasteiger partial charge in [0.15, 0.2) is 17.3 Å². The van der Waals surface area contributed by atoms with Crippen molar-refractivity contribution in [3.8, 4) is 0 Å². The van der Waals surface area contributed by atoms with Crippen molar-refractivity contribution >= 4 is 17.3 Å². The lowest BCUT2D eigenvalue weighted by Crippen LogP contribution is -2.42. The summed E-state index contributed by atoms with van der Waals surface area (Å²) in [7, 11) is 0. The summed E-state index contributed by atoms with van der Waals surface area (Å²) in [4.78, 5) is 15.1. The molecule has 1 amide bonds. The van der Waals surface area contributed by atoms with E-state index < -0.39 is 47.5 Å². The average molecular weight is 378 g/mol. The number of alkyl halides is 6. The zero-order valence-electron chi connectivity index (χ0n) is 13.2. The van der Waals surface area contributed by atoms with Crippen LogP contribution in [-0.4, -0.2) is 23.7 Å². The van der Waals surface area contributed by atoms with Gasteiger partial charge >= 0.3 is 12.4 Å². The summed E-state index contributed by atoms with van der Waals surface area (Å²) >= 11 is 0. The Kier molecular flexibility index (Phi) is 4.98. The first-order chi connectivity index (χ1) is 11.9. The number of benzene rings is 1. The molecule has 26 heavy (non-hydrogen) atoms. The minimum atomic E-state index is -4.82. The zero-order chi connectivity index (χ0) is 19.8. The maximum Gasteiger partial charge on any atom is 0.412 e. The number of halogens is 6. The molecule has 1 aliphatic rings. The van der Waals surface area contributed by atoms with Gasteiger partial charge in [-0.05, 0) is 18.6 Å². The van der Waals surface area contributed by atoms with Crippen molar-refractivity contribution in [3.63, 3.8) is 0 Å². The van der Waals surface area contributed by atoms with Crippen LogP contribution in [0.25, 0.3) is 4.85 Å². The van der Waals surface area contributed by atoms with E-state index in [-0.39, 0.29) is 12.1 Å². The van der Waals surface area contributed by atoms with E-state index in [0.29, 0.717) is 6.07 Å². The minimum absolute atomic E-state index is 0.110. The molecule has 0 spiro atoms. The Morgan fingerprint density at radius 3 is 2.46 bits per heavy atom. The van der Waals surface area contributed by atoms with Crippen molar-refractivity contribution in [3.05, 3.63) is 35.2 Å². The number of amides is 1. The SMILES string of the molecule is [C-]#[N+]c1ccc(NC(=O)[C@]2(CC)CC(C(F)(F)F)N=N2)cc1C(F)(F)F. The van der Waals surface area contributed by atoms with Crippen LogP contribution in [0.2, 0.25) is 0 Å². The van der Waals surface area contributed by atoms with E-state index >= 15 is 0 Å². The summed E-state index contributed by atoms with van der Waals surface area (Å²) < 4.78 is 77.2. The van der Waals surface area contributed by atoms with Crippen molar-refractivity contribution in [2.45, 2.75) is 43.7 Å². The Bertz CT molecular complexity index is 780. The molecule has 5 nitrogen and oxygen atoms in total. The van der Waals surface area contributed by atoms with E-state index in [1.807, 2.05) is 0 Å². The molecule has 0 radical (unpaired) electrons. The highest BCUT2D eigenvalue weighted by atomic mass is 19.4. The molecule has 0 bridgehead atoms. The van der Waals surface area contributed by atoms with Crippen LogP contribution in [0.4, 0.5) is 37.7 Å². The third kappa shape index (κ3) is 3.79. The second-order valence-electron chi connectivity index (χ2n) is 5.66. The Morgan fingerprint density at radius 2 is 2.00 bits per heavy atom. The number of carbonyl (C=O) groups is 1. The Labute approximate surface area is 143 Å². The molecule has 0 aromatic heterocycles. The lowest BCUT2D eigenvalue weighted by Gasteiger charge is -2.23. The monoisotopic (exact) mass is 378 g/mol. The molecule has 0 saturated carbocycles. The maximum atomic E-state index is 13.0. The van der Waals surface area contributed by atoms with Crippen LogP contribution in [0, 0.1) is 6.57 Å². The number of hydrogen-bond donors (Lipinski definition) is 1. The van der Waals surface area contributed by atoms with Crippen molar-refractivity contribution in [1.29, 1.82) is 0 Å². The van der Waals surface area contributed by atoms with Gasteiger partial charge < -0.3 is 5.32 Å². The van der Waals surface area contributed by atoms with Gasteiger partial charge in [-0.1, -0.05) is 13.0 Å². The molecule has 0 aliphatic carbocycles. The fourth-order valence-electron chi connectivity index (χ4n) is 2.46. The topological polar surface area (TPSA) is 58.2 Å².